The van der Waals surface area contributed by atoms with Crippen LogP contribution in [0.5, 0.6) is 0 Å². The highest BCUT2D eigenvalue weighted by Gasteiger charge is 2.33. The van der Waals surface area contributed by atoms with Gasteiger partial charge in [0.15, 0.2) is 6.61 Å². The summed E-state index contributed by atoms with van der Waals surface area (Å²) in [6, 6.07) is 1.18. The van der Waals surface area contributed by atoms with E-state index in [2.05, 4.69) is 4.72 Å². The highest BCUT2D eigenvalue weighted by molar-refractivity contribution is 7.89. The number of fused-ring (bicyclic) bond motifs is 1. The molecule has 1 aromatic carbocycles. The van der Waals surface area contributed by atoms with Crippen LogP contribution in [0, 0.1) is 5.82 Å². The number of carbonyl (C=O) groups excluding carboxylic acids is 1. The summed E-state index contributed by atoms with van der Waals surface area (Å²) in [6.45, 7) is 4.88. The lowest BCUT2D eigenvalue weighted by Gasteiger charge is -2.23. The molecule has 192 valence electrons. The topological polar surface area (TPSA) is 81.7 Å². The Morgan fingerprint density at radius 3 is 2.43 bits per heavy atom. The Morgan fingerprint density at radius 2 is 1.77 bits per heavy atom. The molecular weight excluding hydrogens is 490 g/mol. The second-order valence-electron chi connectivity index (χ2n) is 9.26. The lowest BCUT2D eigenvalue weighted by Crippen LogP contribution is -2.27. The molecular formula is C24H27F4NO5S. The van der Waals surface area contributed by atoms with Crippen LogP contribution in [-0.2, 0) is 30.5 Å². The van der Waals surface area contributed by atoms with Gasteiger partial charge in [-0.2, -0.15) is 13.2 Å². The van der Waals surface area contributed by atoms with Crippen molar-refractivity contribution in [1.29, 1.82) is 0 Å². The zero-order chi connectivity index (χ0) is 26.0. The molecule has 0 bridgehead atoms. The lowest BCUT2D eigenvalue weighted by molar-refractivity contribution is -0.158. The van der Waals surface area contributed by atoms with Crippen molar-refractivity contribution in [1.82, 2.24) is 4.72 Å². The average molecular weight is 518 g/mol. The first kappa shape index (κ1) is 26.8. The molecule has 6 nitrogen and oxygen atoms in total. The Labute approximate surface area is 201 Å². The highest BCUT2D eigenvalue weighted by atomic mass is 32.2. The van der Waals surface area contributed by atoms with Crippen molar-refractivity contribution in [3.05, 3.63) is 64.3 Å². The SMILES string of the molecule is CC(C)(C)OC(=O)COC1=C2CCCCC(NS(=O)(=O)c3cc(F)cc(C(F)(F)F)c3)=C2C=CC1. The number of hydrogen-bond acceptors (Lipinski definition) is 5. The number of carbonyl (C=O) groups is 1. The smallest absolute Gasteiger partial charge is 0.416 e. The van der Waals surface area contributed by atoms with Gasteiger partial charge < -0.3 is 9.47 Å². The van der Waals surface area contributed by atoms with Gasteiger partial charge in [0, 0.05) is 17.7 Å². The van der Waals surface area contributed by atoms with Crippen LogP contribution in [0.25, 0.3) is 0 Å². The van der Waals surface area contributed by atoms with Crippen LogP contribution in [0.4, 0.5) is 17.6 Å². The number of benzene rings is 1. The van der Waals surface area contributed by atoms with Gasteiger partial charge in [-0.05, 0) is 70.2 Å². The molecule has 0 radical (unpaired) electrons. The molecule has 11 heteroatoms. The molecule has 1 aromatic rings. The van der Waals surface area contributed by atoms with Gasteiger partial charge in [-0.25, -0.2) is 17.6 Å². The molecule has 0 aliphatic heterocycles. The molecule has 0 unspecified atom stereocenters. The van der Waals surface area contributed by atoms with E-state index in [1.165, 1.54) is 0 Å². The standard InChI is InChI=1S/C24H27F4NO5S/c1-23(2,3)34-22(30)14-33-21-10-6-8-18-19(21)7-4-5-9-20(18)29-35(31,32)17-12-15(24(26,27)28)11-16(25)13-17/h6,8,11-13,29H,4-5,7,9-10,14H2,1-3H3. The van der Waals surface area contributed by atoms with Crippen molar-refractivity contribution in [2.24, 2.45) is 0 Å². The van der Waals surface area contributed by atoms with Gasteiger partial charge in [-0.3, -0.25) is 4.72 Å². The number of ether oxygens (including phenoxy) is 2. The lowest BCUT2D eigenvalue weighted by atomic mass is 9.94. The molecule has 0 heterocycles. The number of nitrogens with one attached hydrogen (secondary N) is 1. The summed E-state index contributed by atoms with van der Waals surface area (Å²) in [4.78, 5) is 11.2. The number of hydrogen-bond donors (Lipinski definition) is 1. The van der Waals surface area contributed by atoms with Gasteiger partial charge in [-0.1, -0.05) is 12.2 Å². The minimum atomic E-state index is -4.90. The molecule has 0 saturated heterocycles. The van der Waals surface area contributed by atoms with Crippen molar-refractivity contribution in [2.75, 3.05) is 6.61 Å². The number of allylic oxidation sites excluding steroid dienone is 5. The first-order chi connectivity index (χ1) is 16.2. The average Bonchev–Trinajstić information content (AvgIpc) is 2.92. The van der Waals surface area contributed by atoms with Crippen LogP contribution in [0.15, 0.2) is 57.8 Å². The van der Waals surface area contributed by atoms with E-state index in [-0.39, 0.29) is 18.4 Å². The second kappa shape index (κ2) is 10.0. The van der Waals surface area contributed by atoms with Gasteiger partial charge in [0.1, 0.15) is 17.2 Å². The van der Waals surface area contributed by atoms with Crippen molar-refractivity contribution in [3.8, 4) is 0 Å². The van der Waals surface area contributed by atoms with Gasteiger partial charge in [-0.15, -0.1) is 0 Å². The highest BCUT2D eigenvalue weighted by Crippen LogP contribution is 2.36. The number of sulfonamides is 1. The Balaban J connectivity index is 1.91. The second-order valence-corrected chi connectivity index (χ2v) is 10.9. The third-order valence-electron chi connectivity index (χ3n) is 5.23. The molecule has 0 amide bonds. The minimum absolute atomic E-state index is 0.242. The Kier molecular flexibility index (Phi) is 7.68. The predicted molar refractivity (Wildman–Crippen MR) is 120 cm³/mol. The van der Waals surface area contributed by atoms with Gasteiger partial charge >= 0.3 is 12.1 Å². The number of esters is 1. The van der Waals surface area contributed by atoms with Crippen LogP contribution in [0.3, 0.4) is 0 Å². The molecule has 3 rings (SSSR count). The molecule has 0 spiro atoms. The fraction of sp³-hybridized carbons (Fsp3) is 0.458. The third kappa shape index (κ3) is 7.09. The van der Waals surface area contributed by atoms with Crippen molar-refractivity contribution in [3.63, 3.8) is 0 Å². The molecule has 0 aromatic heterocycles. The maximum atomic E-state index is 13.8. The summed E-state index contributed by atoms with van der Waals surface area (Å²) in [5.74, 6) is -1.36. The molecule has 0 saturated carbocycles. The summed E-state index contributed by atoms with van der Waals surface area (Å²) in [7, 11) is -4.51. The van der Waals surface area contributed by atoms with E-state index in [1.54, 1.807) is 32.9 Å². The van der Waals surface area contributed by atoms with E-state index in [9.17, 15) is 30.8 Å². The quantitative estimate of drug-likeness (QED) is 0.397. The fourth-order valence-electron chi connectivity index (χ4n) is 3.82. The van der Waals surface area contributed by atoms with E-state index >= 15 is 0 Å². The van der Waals surface area contributed by atoms with E-state index in [1.807, 2.05) is 0 Å². The summed E-state index contributed by atoms with van der Waals surface area (Å²) in [5.41, 5.74) is -0.561. The van der Waals surface area contributed by atoms with Crippen LogP contribution in [0.2, 0.25) is 0 Å². The molecule has 0 fully saturated rings. The first-order valence-electron chi connectivity index (χ1n) is 11.0. The Morgan fingerprint density at radius 1 is 1.09 bits per heavy atom. The van der Waals surface area contributed by atoms with E-state index in [0.717, 1.165) is 0 Å². The van der Waals surface area contributed by atoms with Gasteiger partial charge in [0.25, 0.3) is 10.0 Å². The van der Waals surface area contributed by atoms with Crippen molar-refractivity contribution >= 4 is 16.0 Å². The zero-order valence-corrected chi connectivity index (χ0v) is 20.4. The van der Waals surface area contributed by atoms with Crippen LogP contribution < -0.4 is 4.72 Å². The predicted octanol–water partition coefficient (Wildman–Crippen LogP) is 5.52. The van der Waals surface area contributed by atoms with Crippen LogP contribution in [0.1, 0.15) is 58.4 Å². The Bertz CT molecular complexity index is 1190. The molecule has 1 N–H and O–H groups in total. The largest absolute Gasteiger partial charge is 0.486 e. The summed E-state index contributed by atoms with van der Waals surface area (Å²) >= 11 is 0. The van der Waals surface area contributed by atoms with Gasteiger partial charge in [0.2, 0.25) is 0 Å². The minimum Gasteiger partial charge on any atom is -0.486 e. The molecule has 0 atom stereocenters. The maximum Gasteiger partial charge on any atom is 0.416 e. The van der Waals surface area contributed by atoms with E-state index < -0.39 is 44.0 Å². The number of alkyl halides is 3. The molecule has 2 aliphatic carbocycles. The van der Waals surface area contributed by atoms with Gasteiger partial charge in [0.05, 0.1) is 10.5 Å². The summed E-state index contributed by atoms with van der Waals surface area (Å²) in [5, 5.41) is 0. The number of rotatable bonds is 6. The Hall–Kier alpha value is -2.82. The maximum absolute atomic E-state index is 13.8. The van der Waals surface area contributed by atoms with Crippen LogP contribution >= 0.6 is 0 Å². The first-order valence-corrected chi connectivity index (χ1v) is 12.5. The van der Waals surface area contributed by atoms with Crippen molar-refractivity contribution in [2.45, 2.75) is 69.5 Å². The monoisotopic (exact) mass is 517 g/mol. The van der Waals surface area contributed by atoms with E-state index in [0.29, 0.717) is 61.1 Å². The number of halogens is 4. The fourth-order valence-corrected chi connectivity index (χ4v) is 5.03. The van der Waals surface area contributed by atoms with Crippen LogP contribution in [-0.4, -0.2) is 26.6 Å². The normalized spacial score (nSPS) is 17.1. The third-order valence-corrected chi connectivity index (χ3v) is 6.60. The molecule has 2 aliphatic rings. The van der Waals surface area contributed by atoms with E-state index in [4.69, 9.17) is 9.47 Å². The summed E-state index contributed by atoms with van der Waals surface area (Å²) in [6.07, 6.45) is 1.12. The van der Waals surface area contributed by atoms with Crippen molar-refractivity contribution < 1.29 is 40.2 Å². The summed E-state index contributed by atoms with van der Waals surface area (Å²) < 4.78 is 92.3. The zero-order valence-electron chi connectivity index (χ0n) is 19.6. The molecule has 35 heavy (non-hydrogen) atoms.